The number of aromatic carboxylic acids is 1. The molecule has 122 valence electrons. The Hall–Kier alpha value is -3.54. The molecular formula is C19H14N4O2. The van der Waals surface area contributed by atoms with Crippen molar-refractivity contribution in [3.63, 3.8) is 0 Å². The van der Waals surface area contributed by atoms with E-state index in [2.05, 4.69) is 33.7 Å². The molecule has 0 fully saturated rings. The summed E-state index contributed by atoms with van der Waals surface area (Å²) in [5.41, 5.74) is 1.70. The van der Waals surface area contributed by atoms with E-state index in [9.17, 15) is 9.90 Å². The maximum absolute atomic E-state index is 11.5. The van der Waals surface area contributed by atoms with Crippen molar-refractivity contribution in [3.05, 3.63) is 83.7 Å². The van der Waals surface area contributed by atoms with Gasteiger partial charge in [0.2, 0.25) is 0 Å². The minimum atomic E-state index is -1.01. The maximum Gasteiger partial charge on any atom is 0.337 e. The number of aromatic nitrogens is 4. The van der Waals surface area contributed by atoms with Crippen LogP contribution < -0.4 is 0 Å². The molecule has 0 aliphatic carbocycles. The molecule has 0 amide bonds. The van der Waals surface area contributed by atoms with Crippen LogP contribution in [0.25, 0.3) is 16.5 Å². The predicted octanol–water partition coefficient (Wildman–Crippen LogP) is 3.10. The van der Waals surface area contributed by atoms with Crippen LogP contribution in [0.2, 0.25) is 0 Å². The second-order valence-electron chi connectivity index (χ2n) is 5.64. The van der Waals surface area contributed by atoms with Crippen molar-refractivity contribution in [2.75, 3.05) is 0 Å². The van der Waals surface area contributed by atoms with Gasteiger partial charge in [0.25, 0.3) is 0 Å². The lowest BCUT2D eigenvalue weighted by molar-refractivity contribution is 0.0696. The zero-order valence-corrected chi connectivity index (χ0v) is 13.2. The first kappa shape index (κ1) is 15.0. The van der Waals surface area contributed by atoms with Crippen LogP contribution in [0, 0.1) is 0 Å². The Balaban J connectivity index is 1.80. The smallest absolute Gasteiger partial charge is 0.337 e. The summed E-state index contributed by atoms with van der Waals surface area (Å²) >= 11 is 0. The van der Waals surface area contributed by atoms with E-state index >= 15 is 0 Å². The van der Waals surface area contributed by atoms with Gasteiger partial charge in [-0.15, -0.1) is 5.10 Å². The van der Waals surface area contributed by atoms with Gasteiger partial charge in [-0.25, -0.2) is 4.79 Å². The summed E-state index contributed by atoms with van der Waals surface area (Å²) in [6.45, 7) is 0. The van der Waals surface area contributed by atoms with Crippen molar-refractivity contribution < 1.29 is 9.90 Å². The molecule has 1 N–H and O–H groups in total. The zero-order chi connectivity index (χ0) is 17.2. The fourth-order valence-corrected chi connectivity index (χ4v) is 2.96. The van der Waals surface area contributed by atoms with Crippen molar-refractivity contribution in [3.8, 4) is 5.69 Å². The average molecular weight is 330 g/mol. The Morgan fingerprint density at radius 3 is 2.60 bits per heavy atom. The van der Waals surface area contributed by atoms with Crippen LogP contribution in [-0.4, -0.2) is 31.3 Å². The van der Waals surface area contributed by atoms with Crippen molar-refractivity contribution in [2.24, 2.45) is 0 Å². The van der Waals surface area contributed by atoms with Crippen LogP contribution in [0.15, 0.2) is 66.7 Å². The summed E-state index contributed by atoms with van der Waals surface area (Å²) in [6, 6.07) is 20.9. The minimum absolute atomic E-state index is 0.161. The van der Waals surface area contributed by atoms with E-state index in [-0.39, 0.29) is 5.56 Å². The van der Waals surface area contributed by atoms with Crippen LogP contribution in [0.3, 0.4) is 0 Å². The molecule has 0 spiro atoms. The monoisotopic (exact) mass is 330 g/mol. The number of hydrogen-bond acceptors (Lipinski definition) is 4. The van der Waals surface area contributed by atoms with Crippen molar-refractivity contribution in [1.82, 2.24) is 20.2 Å². The Morgan fingerprint density at radius 2 is 1.72 bits per heavy atom. The number of carboxylic acids is 1. The number of carboxylic acid groups (broad SMARTS) is 1. The zero-order valence-electron chi connectivity index (χ0n) is 13.2. The quantitative estimate of drug-likeness (QED) is 0.622. The lowest BCUT2D eigenvalue weighted by Crippen LogP contribution is -2.10. The summed E-state index contributed by atoms with van der Waals surface area (Å²) in [5, 5.41) is 23.5. The fourth-order valence-electron chi connectivity index (χ4n) is 2.96. The third kappa shape index (κ3) is 2.74. The number of para-hydroxylation sites is 1. The van der Waals surface area contributed by atoms with Gasteiger partial charge in [-0.1, -0.05) is 54.6 Å². The SMILES string of the molecule is O=C(O)c1ccccc1-n1nnnc1Cc1cccc2ccccc12. The summed E-state index contributed by atoms with van der Waals surface area (Å²) in [7, 11) is 0. The molecule has 0 bridgehead atoms. The van der Waals surface area contributed by atoms with Gasteiger partial charge >= 0.3 is 5.97 Å². The molecule has 0 saturated heterocycles. The summed E-state index contributed by atoms with van der Waals surface area (Å²) in [4.78, 5) is 11.5. The largest absolute Gasteiger partial charge is 0.478 e. The molecule has 0 radical (unpaired) electrons. The number of rotatable bonds is 4. The third-order valence-electron chi connectivity index (χ3n) is 4.13. The molecular weight excluding hydrogens is 316 g/mol. The number of carbonyl (C=O) groups is 1. The maximum atomic E-state index is 11.5. The average Bonchev–Trinajstić information content (AvgIpc) is 3.10. The fraction of sp³-hybridized carbons (Fsp3) is 0.0526. The summed E-state index contributed by atoms with van der Waals surface area (Å²) < 4.78 is 1.49. The molecule has 1 heterocycles. The molecule has 25 heavy (non-hydrogen) atoms. The van der Waals surface area contributed by atoms with E-state index in [0.29, 0.717) is 17.9 Å². The lowest BCUT2D eigenvalue weighted by Gasteiger charge is -2.09. The van der Waals surface area contributed by atoms with Crippen LogP contribution in [0.1, 0.15) is 21.7 Å². The van der Waals surface area contributed by atoms with Gasteiger partial charge in [0.05, 0.1) is 11.3 Å². The van der Waals surface area contributed by atoms with Gasteiger partial charge < -0.3 is 5.11 Å². The highest BCUT2D eigenvalue weighted by atomic mass is 16.4. The molecule has 4 rings (SSSR count). The molecule has 0 unspecified atom stereocenters. The van der Waals surface area contributed by atoms with Crippen LogP contribution in [-0.2, 0) is 6.42 Å². The first-order chi connectivity index (χ1) is 12.2. The summed E-state index contributed by atoms with van der Waals surface area (Å²) in [6.07, 6.45) is 0.502. The molecule has 6 heteroatoms. The molecule has 0 aliphatic heterocycles. The number of tetrazole rings is 1. The van der Waals surface area contributed by atoms with Crippen LogP contribution in [0.4, 0.5) is 0 Å². The van der Waals surface area contributed by atoms with E-state index in [4.69, 9.17) is 0 Å². The summed E-state index contributed by atoms with van der Waals surface area (Å²) in [5.74, 6) is -0.424. The van der Waals surface area contributed by atoms with Gasteiger partial charge in [0.15, 0.2) is 5.82 Å². The van der Waals surface area contributed by atoms with E-state index in [0.717, 1.165) is 16.3 Å². The molecule has 3 aromatic carbocycles. The van der Waals surface area contributed by atoms with Crippen LogP contribution in [0.5, 0.6) is 0 Å². The second kappa shape index (κ2) is 6.16. The first-order valence-electron chi connectivity index (χ1n) is 7.80. The normalized spacial score (nSPS) is 10.9. The number of nitrogens with zero attached hydrogens (tertiary/aromatic N) is 4. The van der Waals surface area contributed by atoms with Gasteiger partial charge in [0, 0.05) is 6.42 Å². The third-order valence-corrected chi connectivity index (χ3v) is 4.13. The molecule has 6 nitrogen and oxygen atoms in total. The predicted molar refractivity (Wildman–Crippen MR) is 92.9 cm³/mol. The Bertz CT molecular complexity index is 1070. The number of hydrogen-bond donors (Lipinski definition) is 1. The van der Waals surface area contributed by atoms with Gasteiger partial charge in [-0.3, -0.25) is 0 Å². The van der Waals surface area contributed by atoms with Crippen molar-refractivity contribution >= 4 is 16.7 Å². The first-order valence-corrected chi connectivity index (χ1v) is 7.80. The van der Waals surface area contributed by atoms with Crippen molar-refractivity contribution in [2.45, 2.75) is 6.42 Å². The van der Waals surface area contributed by atoms with Gasteiger partial charge in [-0.05, 0) is 38.9 Å². The van der Waals surface area contributed by atoms with Gasteiger partial charge in [0.1, 0.15) is 0 Å². The molecule has 0 saturated carbocycles. The Morgan fingerprint density at radius 1 is 0.960 bits per heavy atom. The molecule has 0 atom stereocenters. The van der Waals surface area contributed by atoms with Gasteiger partial charge in [-0.2, -0.15) is 4.68 Å². The second-order valence-corrected chi connectivity index (χ2v) is 5.64. The molecule has 4 aromatic rings. The minimum Gasteiger partial charge on any atom is -0.478 e. The number of benzene rings is 3. The van der Waals surface area contributed by atoms with E-state index < -0.39 is 5.97 Å². The highest BCUT2D eigenvalue weighted by molar-refractivity contribution is 5.92. The Labute approximate surface area is 143 Å². The lowest BCUT2D eigenvalue weighted by atomic mass is 10.0. The highest BCUT2D eigenvalue weighted by Gasteiger charge is 2.16. The van der Waals surface area contributed by atoms with E-state index in [1.807, 2.05) is 24.3 Å². The number of fused-ring (bicyclic) bond motifs is 1. The van der Waals surface area contributed by atoms with E-state index in [1.54, 1.807) is 24.3 Å². The van der Waals surface area contributed by atoms with E-state index in [1.165, 1.54) is 4.68 Å². The van der Waals surface area contributed by atoms with Crippen LogP contribution >= 0.6 is 0 Å². The molecule has 1 aromatic heterocycles. The topological polar surface area (TPSA) is 80.9 Å². The van der Waals surface area contributed by atoms with Crippen molar-refractivity contribution in [1.29, 1.82) is 0 Å². The Kier molecular flexibility index (Phi) is 3.70. The highest BCUT2D eigenvalue weighted by Crippen LogP contribution is 2.22. The standard InChI is InChI=1S/C19H14N4O2/c24-19(25)16-10-3-4-11-17(16)23-18(20-21-22-23)12-14-8-5-7-13-6-1-2-9-15(13)14/h1-11H,12H2,(H,24,25). The molecule has 0 aliphatic rings.